The summed E-state index contributed by atoms with van der Waals surface area (Å²) in [5.74, 6) is 0. The van der Waals surface area contributed by atoms with Gasteiger partial charge in [-0.2, -0.15) is 0 Å². The molecular weight excluding hydrogens is 889 g/mol. The Morgan fingerprint density at radius 1 is 0.315 bits per heavy atom. The lowest BCUT2D eigenvalue weighted by Gasteiger charge is -2.22. The van der Waals surface area contributed by atoms with E-state index in [-0.39, 0.29) is 5.41 Å². The van der Waals surface area contributed by atoms with Gasteiger partial charge in [0.15, 0.2) is 5.58 Å². The lowest BCUT2D eigenvalue weighted by atomic mass is 9.81. The highest BCUT2D eigenvalue weighted by Crippen LogP contribution is 2.51. The fraction of sp³-hybridized carbons (Fsp3) is 0.0435. The van der Waals surface area contributed by atoms with Crippen LogP contribution in [0.5, 0.6) is 0 Å². The van der Waals surface area contributed by atoms with Crippen LogP contribution in [0.4, 0.5) is 0 Å². The highest BCUT2D eigenvalue weighted by Gasteiger charge is 2.35. The lowest BCUT2D eigenvalue weighted by molar-refractivity contribution is 0.660. The van der Waals surface area contributed by atoms with Crippen LogP contribution in [0.2, 0.25) is 0 Å². The second-order valence-electron chi connectivity index (χ2n) is 20.4. The largest absolute Gasteiger partial charge is 0.456 e. The molecule has 0 saturated heterocycles. The van der Waals surface area contributed by atoms with Crippen molar-refractivity contribution in [2.75, 3.05) is 0 Å². The third-order valence-electron chi connectivity index (χ3n) is 16.1. The molecule has 0 saturated carbocycles. The molecule has 0 atom stereocenters. The van der Waals surface area contributed by atoms with E-state index < -0.39 is 0 Å². The van der Waals surface area contributed by atoms with Gasteiger partial charge in [0.1, 0.15) is 16.7 Å². The minimum Gasteiger partial charge on any atom is -0.456 e. The van der Waals surface area contributed by atoms with Crippen molar-refractivity contribution in [3.05, 3.63) is 242 Å². The normalized spacial score (nSPS) is 13.2. The summed E-state index contributed by atoms with van der Waals surface area (Å²) in [5, 5.41) is 9.30. The Morgan fingerprint density at radius 3 is 1.73 bits per heavy atom. The summed E-state index contributed by atoms with van der Waals surface area (Å²) in [4.78, 5) is 0. The summed E-state index contributed by atoms with van der Waals surface area (Å²) >= 11 is 0. The second-order valence-corrected chi connectivity index (χ2v) is 20.4. The summed E-state index contributed by atoms with van der Waals surface area (Å²) in [6, 6.07) is 84.5. The van der Waals surface area contributed by atoms with E-state index in [1.807, 2.05) is 18.2 Å². The van der Waals surface area contributed by atoms with Gasteiger partial charge in [-0.1, -0.05) is 153 Å². The first-order valence-corrected chi connectivity index (χ1v) is 25.2. The Labute approximate surface area is 420 Å². The molecule has 0 unspecified atom stereocenters. The Kier molecular flexibility index (Phi) is 8.20. The quantitative estimate of drug-likeness (QED) is 0.172. The van der Waals surface area contributed by atoms with Crippen LogP contribution in [0.25, 0.3) is 143 Å². The molecule has 73 heavy (non-hydrogen) atoms. The van der Waals surface area contributed by atoms with Crippen molar-refractivity contribution in [3.8, 4) is 55.9 Å². The molecule has 16 rings (SSSR count). The van der Waals surface area contributed by atoms with Crippen LogP contribution in [0.1, 0.15) is 25.0 Å². The van der Waals surface area contributed by atoms with E-state index in [9.17, 15) is 0 Å². The molecule has 0 bridgehead atoms. The van der Waals surface area contributed by atoms with Crippen LogP contribution < -0.4 is 0 Å². The van der Waals surface area contributed by atoms with Gasteiger partial charge < -0.3 is 18.0 Å². The Balaban J connectivity index is 0.927. The summed E-state index contributed by atoms with van der Waals surface area (Å²) in [5.41, 5.74) is 22.6. The monoisotopic (exact) mass is 932 g/mol. The maximum Gasteiger partial charge on any atom is 0.159 e. The number of hydrogen-bond donors (Lipinski definition) is 0. The smallest absolute Gasteiger partial charge is 0.159 e. The molecule has 0 amide bonds. The molecular formula is C69H44N2O2. The molecule has 1 aliphatic carbocycles. The number of benzene rings is 11. The maximum absolute atomic E-state index is 6.70. The number of para-hydroxylation sites is 5. The molecule has 4 heterocycles. The van der Waals surface area contributed by atoms with Crippen molar-refractivity contribution in [1.29, 1.82) is 0 Å². The summed E-state index contributed by atoms with van der Waals surface area (Å²) in [7, 11) is 0. The SMILES string of the molecule is CC1(C)c2ccccc2-c2ccc(-c3cc(-c4ccc5c(c4)c4ccccc4n5-c4ccc5oc6ccccc6c5c4)cc(-c4cccc5c4c4ccccc4n5-c4cccc5c4oc4ccccc45)c3)cc21. The standard InChI is InChI=1S/C69H44N2O2/c1-69(2)57-22-8-3-15-48(57)49-32-29-42(39-58(49)69)44-35-43(41-30-33-61-55(38-41)50-16-4-9-23-59(50)70(61)46-31-34-66-56(40-46)52-18-7-11-27-64(52)72-66)36-45(37-44)47-20-13-25-62-67(47)54-19-5-10-24-60(54)71(62)63-26-14-21-53-51-17-6-12-28-65(51)73-68(53)63/h3-40H,1-2H3. The van der Waals surface area contributed by atoms with Crippen molar-refractivity contribution < 1.29 is 8.83 Å². The van der Waals surface area contributed by atoms with E-state index in [0.29, 0.717) is 0 Å². The van der Waals surface area contributed by atoms with Crippen molar-refractivity contribution in [2.24, 2.45) is 0 Å². The Hall–Kier alpha value is -9.38. The van der Waals surface area contributed by atoms with E-state index >= 15 is 0 Å². The number of rotatable bonds is 5. The minimum atomic E-state index is -0.132. The van der Waals surface area contributed by atoms with Crippen LogP contribution in [0.3, 0.4) is 0 Å². The topological polar surface area (TPSA) is 36.1 Å². The van der Waals surface area contributed by atoms with Gasteiger partial charge in [0.05, 0.1) is 27.8 Å². The number of fused-ring (bicyclic) bond motifs is 15. The zero-order valence-electron chi connectivity index (χ0n) is 40.2. The van der Waals surface area contributed by atoms with Crippen molar-refractivity contribution >= 4 is 87.5 Å². The number of aromatic nitrogens is 2. The van der Waals surface area contributed by atoms with Gasteiger partial charge in [-0.15, -0.1) is 0 Å². The van der Waals surface area contributed by atoms with Gasteiger partial charge >= 0.3 is 0 Å². The molecule has 0 radical (unpaired) electrons. The van der Waals surface area contributed by atoms with Gasteiger partial charge in [0, 0.05) is 54.2 Å². The molecule has 4 nitrogen and oxygen atoms in total. The first-order valence-electron chi connectivity index (χ1n) is 25.2. The zero-order chi connectivity index (χ0) is 48.1. The van der Waals surface area contributed by atoms with Crippen molar-refractivity contribution in [3.63, 3.8) is 0 Å². The average Bonchev–Trinajstić information content (AvgIpc) is 4.25. The fourth-order valence-electron chi connectivity index (χ4n) is 12.7. The van der Waals surface area contributed by atoms with E-state index in [1.54, 1.807) is 0 Å². The van der Waals surface area contributed by atoms with Crippen molar-refractivity contribution in [2.45, 2.75) is 19.3 Å². The molecule has 0 N–H and O–H groups in total. The van der Waals surface area contributed by atoms with E-state index in [1.165, 1.54) is 66.0 Å². The van der Waals surface area contributed by atoms with E-state index in [2.05, 4.69) is 235 Å². The molecule has 15 aromatic rings. The Morgan fingerprint density at radius 2 is 0.890 bits per heavy atom. The van der Waals surface area contributed by atoms with Crippen LogP contribution in [-0.4, -0.2) is 9.13 Å². The molecule has 1 aliphatic rings. The zero-order valence-corrected chi connectivity index (χ0v) is 40.2. The first-order chi connectivity index (χ1) is 35.9. The van der Waals surface area contributed by atoms with Crippen LogP contribution in [-0.2, 0) is 5.41 Å². The van der Waals surface area contributed by atoms with Gasteiger partial charge in [-0.3, -0.25) is 0 Å². The van der Waals surface area contributed by atoms with Crippen LogP contribution >= 0.6 is 0 Å². The van der Waals surface area contributed by atoms with Gasteiger partial charge in [-0.25, -0.2) is 0 Å². The highest BCUT2D eigenvalue weighted by molar-refractivity contribution is 6.18. The predicted octanol–water partition coefficient (Wildman–Crippen LogP) is 19.0. The second kappa shape index (κ2) is 14.8. The maximum atomic E-state index is 6.70. The van der Waals surface area contributed by atoms with Gasteiger partial charge in [0.2, 0.25) is 0 Å². The summed E-state index contributed by atoms with van der Waals surface area (Å²) in [6.07, 6.45) is 0. The van der Waals surface area contributed by atoms with Gasteiger partial charge in [0.25, 0.3) is 0 Å². The Bertz CT molecular complexity index is 4840. The first kappa shape index (κ1) is 40.4. The third kappa shape index (κ3) is 5.72. The molecule has 4 heteroatoms. The molecule has 0 spiro atoms. The van der Waals surface area contributed by atoms with Crippen LogP contribution in [0, 0.1) is 0 Å². The van der Waals surface area contributed by atoms with Crippen LogP contribution in [0.15, 0.2) is 239 Å². The number of hydrogen-bond acceptors (Lipinski definition) is 2. The lowest BCUT2D eigenvalue weighted by Crippen LogP contribution is -2.14. The summed E-state index contributed by atoms with van der Waals surface area (Å²) < 4.78 is 17.8. The average molecular weight is 933 g/mol. The van der Waals surface area contributed by atoms with E-state index in [0.717, 1.165) is 88.5 Å². The number of nitrogens with zero attached hydrogens (tertiary/aromatic N) is 2. The predicted molar refractivity (Wildman–Crippen MR) is 304 cm³/mol. The van der Waals surface area contributed by atoms with Gasteiger partial charge in [-0.05, 0) is 147 Å². The highest BCUT2D eigenvalue weighted by atomic mass is 16.3. The molecule has 4 aromatic heterocycles. The fourth-order valence-corrected chi connectivity index (χ4v) is 12.7. The third-order valence-corrected chi connectivity index (χ3v) is 16.1. The van der Waals surface area contributed by atoms with E-state index in [4.69, 9.17) is 8.83 Å². The minimum absolute atomic E-state index is 0.132. The molecule has 342 valence electrons. The number of furan rings is 2. The molecule has 11 aromatic carbocycles. The molecule has 0 fully saturated rings. The molecule has 0 aliphatic heterocycles. The van der Waals surface area contributed by atoms with Crippen molar-refractivity contribution in [1.82, 2.24) is 9.13 Å². The summed E-state index contributed by atoms with van der Waals surface area (Å²) in [6.45, 7) is 4.74.